The summed E-state index contributed by atoms with van der Waals surface area (Å²) in [6.07, 6.45) is 4.24. The van der Waals surface area contributed by atoms with Gasteiger partial charge >= 0.3 is 0 Å². The fraction of sp³-hybridized carbons (Fsp3) is 0.692. The molecule has 0 spiro atoms. The molecule has 0 atom stereocenters. The molecular weight excluding hydrogens is 212 g/mol. The number of hydrogen-bond donors (Lipinski definition) is 1. The van der Waals surface area contributed by atoms with Crippen molar-refractivity contribution in [2.24, 2.45) is 0 Å². The monoisotopic (exact) mass is 234 g/mol. The number of nitrogens with zero attached hydrogens (tertiary/aromatic N) is 3. The average Bonchev–Trinajstić information content (AvgIpc) is 3.11. The van der Waals surface area contributed by atoms with Crippen LogP contribution in [0.25, 0.3) is 0 Å². The topological polar surface area (TPSA) is 41.1 Å². The Morgan fingerprint density at radius 2 is 2.12 bits per heavy atom. The molecule has 94 valence electrons. The molecule has 17 heavy (non-hydrogen) atoms. The van der Waals surface area contributed by atoms with Crippen LogP contribution in [0.15, 0.2) is 6.33 Å². The quantitative estimate of drug-likeness (QED) is 0.850. The van der Waals surface area contributed by atoms with Gasteiger partial charge in [0, 0.05) is 25.2 Å². The molecule has 2 rings (SSSR count). The molecular formula is C13H22N4. The van der Waals surface area contributed by atoms with Crippen LogP contribution < -0.4 is 10.2 Å². The van der Waals surface area contributed by atoms with Gasteiger partial charge in [-0.15, -0.1) is 0 Å². The summed E-state index contributed by atoms with van der Waals surface area (Å²) < 4.78 is 0. The van der Waals surface area contributed by atoms with Crippen LogP contribution in [0, 0.1) is 0 Å². The van der Waals surface area contributed by atoms with E-state index in [9.17, 15) is 0 Å². The summed E-state index contributed by atoms with van der Waals surface area (Å²) in [4.78, 5) is 11.1. The number of nitrogens with one attached hydrogen (secondary N) is 1. The van der Waals surface area contributed by atoms with E-state index in [0.29, 0.717) is 12.0 Å². The second-order valence-corrected chi connectivity index (χ2v) is 4.99. The minimum Gasteiger partial charge on any atom is -0.370 e. The first-order valence-corrected chi connectivity index (χ1v) is 6.46. The van der Waals surface area contributed by atoms with E-state index in [1.807, 2.05) is 0 Å². The van der Waals surface area contributed by atoms with Crippen molar-refractivity contribution < 1.29 is 0 Å². The first-order valence-electron chi connectivity index (χ1n) is 6.46. The van der Waals surface area contributed by atoms with Gasteiger partial charge in [0.25, 0.3) is 0 Å². The first kappa shape index (κ1) is 12.1. The average molecular weight is 234 g/mol. The van der Waals surface area contributed by atoms with Gasteiger partial charge in [0.2, 0.25) is 0 Å². The van der Waals surface area contributed by atoms with Gasteiger partial charge in [-0.1, -0.05) is 13.8 Å². The molecule has 0 bridgehead atoms. The van der Waals surface area contributed by atoms with Crippen molar-refractivity contribution >= 4 is 11.6 Å². The molecule has 1 aliphatic carbocycles. The Hall–Kier alpha value is -1.32. The van der Waals surface area contributed by atoms with Crippen LogP contribution in [0.3, 0.4) is 0 Å². The van der Waals surface area contributed by atoms with Gasteiger partial charge in [-0.25, -0.2) is 9.97 Å². The predicted molar refractivity (Wildman–Crippen MR) is 71.7 cm³/mol. The van der Waals surface area contributed by atoms with Crippen LogP contribution in [0.1, 0.15) is 45.1 Å². The number of hydrogen-bond acceptors (Lipinski definition) is 4. The van der Waals surface area contributed by atoms with E-state index in [2.05, 4.69) is 48.0 Å². The van der Waals surface area contributed by atoms with Crippen LogP contribution >= 0.6 is 0 Å². The maximum Gasteiger partial charge on any atom is 0.137 e. The Morgan fingerprint density at radius 1 is 1.41 bits per heavy atom. The van der Waals surface area contributed by atoms with Gasteiger partial charge in [0.05, 0.1) is 0 Å². The number of anilines is 2. The smallest absolute Gasteiger partial charge is 0.137 e. The standard InChI is InChI=1S/C13H22N4/c1-5-14-12-11(9(2)3)13(16-8-15-12)17(4)10-6-7-10/h8-10H,5-7H2,1-4H3,(H,14,15,16). The number of rotatable bonds is 5. The summed E-state index contributed by atoms with van der Waals surface area (Å²) >= 11 is 0. The van der Waals surface area contributed by atoms with E-state index in [1.165, 1.54) is 18.4 Å². The summed E-state index contributed by atoms with van der Waals surface area (Å²) in [7, 11) is 2.14. The second-order valence-electron chi connectivity index (χ2n) is 4.99. The van der Waals surface area contributed by atoms with E-state index in [-0.39, 0.29) is 0 Å². The summed E-state index contributed by atoms with van der Waals surface area (Å²) in [5.41, 5.74) is 1.24. The van der Waals surface area contributed by atoms with Gasteiger partial charge < -0.3 is 10.2 Å². The minimum atomic E-state index is 0.432. The molecule has 1 N–H and O–H groups in total. The van der Waals surface area contributed by atoms with Gasteiger partial charge in [-0.3, -0.25) is 0 Å². The van der Waals surface area contributed by atoms with Crippen molar-refractivity contribution in [3.8, 4) is 0 Å². The molecule has 1 aromatic heterocycles. The molecule has 0 amide bonds. The third-order valence-electron chi connectivity index (χ3n) is 3.21. The normalized spacial score (nSPS) is 15.1. The Kier molecular flexibility index (Phi) is 3.50. The molecule has 0 unspecified atom stereocenters. The van der Waals surface area contributed by atoms with Crippen molar-refractivity contribution in [3.63, 3.8) is 0 Å². The minimum absolute atomic E-state index is 0.432. The maximum absolute atomic E-state index is 4.48. The Labute approximate surface area is 103 Å². The van der Waals surface area contributed by atoms with E-state index in [4.69, 9.17) is 0 Å². The zero-order chi connectivity index (χ0) is 12.4. The molecule has 1 heterocycles. The summed E-state index contributed by atoms with van der Waals surface area (Å²) in [6.45, 7) is 7.38. The second kappa shape index (κ2) is 4.90. The van der Waals surface area contributed by atoms with Gasteiger partial charge in [0.1, 0.15) is 18.0 Å². The van der Waals surface area contributed by atoms with Crippen molar-refractivity contribution in [1.29, 1.82) is 0 Å². The van der Waals surface area contributed by atoms with Crippen molar-refractivity contribution in [3.05, 3.63) is 11.9 Å². The third-order valence-corrected chi connectivity index (χ3v) is 3.21. The lowest BCUT2D eigenvalue weighted by Gasteiger charge is -2.24. The van der Waals surface area contributed by atoms with E-state index in [1.54, 1.807) is 6.33 Å². The first-order chi connectivity index (χ1) is 8.15. The summed E-state index contributed by atoms with van der Waals surface area (Å²) in [6, 6.07) is 0.678. The molecule has 0 saturated heterocycles. The van der Waals surface area contributed by atoms with Crippen molar-refractivity contribution in [2.45, 2.75) is 45.6 Å². The lowest BCUT2D eigenvalue weighted by atomic mass is 10.0. The van der Waals surface area contributed by atoms with E-state index >= 15 is 0 Å². The molecule has 0 aliphatic heterocycles. The molecule has 1 aromatic rings. The van der Waals surface area contributed by atoms with Crippen LogP contribution in [0.2, 0.25) is 0 Å². The summed E-state index contributed by atoms with van der Waals surface area (Å²) in [5.74, 6) is 2.51. The molecule has 1 saturated carbocycles. The van der Waals surface area contributed by atoms with Crippen LogP contribution in [-0.2, 0) is 0 Å². The highest BCUT2D eigenvalue weighted by Gasteiger charge is 2.29. The summed E-state index contributed by atoms with van der Waals surface area (Å²) in [5, 5.41) is 3.33. The molecule has 4 heteroatoms. The van der Waals surface area contributed by atoms with Gasteiger partial charge in [0.15, 0.2) is 0 Å². The van der Waals surface area contributed by atoms with Gasteiger partial charge in [-0.05, 0) is 25.7 Å². The lowest BCUT2D eigenvalue weighted by Crippen LogP contribution is -2.23. The Bertz CT molecular complexity index is 385. The molecule has 0 aromatic carbocycles. The van der Waals surface area contributed by atoms with E-state index < -0.39 is 0 Å². The molecule has 4 nitrogen and oxygen atoms in total. The highest BCUT2D eigenvalue weighted by molar-refractivity contribution is 5.60. The van der Waals surface area contributed by atoms with Crippen LogP contribution in [0.4, 0.5) is 11.6 Å². The Balaban J connectivity index is 2.38. The lowest BCUT2D eigenvalue weighted by molar-refractivity contribution is 0.806. The predicted octanol–water partition coefficient (Wildman–Crippen LogP) is 2.63. The largest absolute Gasteiger partial charge is 0.370 e. The van der Waals surface area contributed by atoms with Crippen LogP contribution in [0.5, 0.6) is 0 Å². The third kappa shape index (κ3) is 2.51. The zero-order valence-electron chi connectivity index (χ0n) is 11.2. The fourth-order valence-corrected chi connectivity index (χ4v) is 2.14. The maximum atomic E-state index is 4.48. The number of aromatic nitrogens is 2. The molecule has 1 fully saturated rings. The SMILES string of the molecule is CCNc1ncnc(N(C)C2CC2)c1C(C)C. The zero-order valence-corrected chi connectivity index (χ0v) is 11.2. The highest BCUT2D eigenvalue weighted by Crippen LogP contribution is 2.35. The van der Waals surface area contributed by atoms with E-state index in [0.717, 1.165) is 18.2 Å². The highest BCUT2D eigenvalue weighted by atomic mass is 15.2. The van der Waals surface area contributed by atoms with Crippen LogP contribution in [-0.4, -0.2) is 29.6 Å². The van der Waals surface area contributed by atoms with Crippen molar-refractivity contribution in [1.82, 2.24) is 9.97 Å². The molecule has 0 radical (unpaired) electrons. The van der Waals surface area contributed by atoms with Gasteiger partial charge in [-0.2, -0.15) is 0 Å². The fourth-order valence-electron chi connectivity index (χ4n) is 2.14. The van der Waals surface area contributed by atoms with Crippen molar-refractivity contribution in [2.75, 3.05) is 23.8 Å². The molecule has 1 aliphatic rings. The Morgan fingerprint density at radius 3 is 2.65 bits per heavy atom.